The molecule has 1 aromatic carbocycles. The molecule has 1 saturated heterocycles. The van der Waals surface area contributed by atoms with E-state index in [4.69, 9.17) is 4.74 Å². The van der Waals surface area contributed by atoms with Crippen LogP contribution in [0.4, 0.5) is 5.69 Å². The van der Waals surface area contributed by atoms with E-state index in [0.717, 1.165) is 0 Å². The fourth-order valence-corrected chi connectivity index (χ4v) is 3.67. The minimum atomic E-state index is -0.568. The number of nitrogens with one attached hydrogen (secondary N) is 1. The highest BCUT2D eigenvalue weighted by atomic mass is 32.1. The highest BCUT2D eigenvalue weighted by Crippen LogP contribution is 2.28. The largest absolute Gasteiger partial charge is 0.490 e. The molecule has 1 aliphatic rings. The van der Waals surface area contributed by atoms with E-state index in [-0.39, 0.29) is 34.9 Å². The highest BCUT2D eigenvalue weighted by Gasteiger charge is 2.26. The molecule has 3 rings (SSSR count). The molecule has 1 N–H and O–H groups in total. The Hall–Kier alpha value is -2.94. The zero-order chi connectivity index (χ0) is 19.4. The molecule has 0 atom stereocenters. The lowest BCUT2D eigenvalue weighted by Gasteiger charge is -2.32. The molecule has 0 bridgehead atoms. The van der Waals surface area contributed by atoms with E-state index in [1.165, 1.54) is 36.6 Å². The van der Waals surface area contributed by atoms with Crippen molar-refractivity contribution in [2.45, 2.75) is 18.9 Å². The van der Waals surface area contributed by atoms with Crippen molar-refractivity contribution in [1.29, 1.82) is 0 Å². The Morgan fingerprint density at radius 2 is 2.00 bits per heavy atom. The van der Waals surface area contributed by atoms with Crippen LogP contribution in [0, 0.1) is 10.1 Å². The summed E-state index contributed by atoms with van der Waals surface area (Å²) >= 11 is 1.47. The topological polar surface area (TPSA) is 102 Å². The van der Waals surface area contributed by atoms with E-state index >= 15 is 0 Å². The number of carbonyl (C=O) groups is 2. The number of ether oxygens (including phenoxy) is 1. The van der Waals surface area contributed by atoms with Crippen LogP contribution in [0.3, 0.4) is 0 Å². The highest BCUT2D eigenvalue weighted by molar-refractivity contribution is 7.08. The molecule has 8 nitrogen and oxygen atoms in total. The first-order chi connectivity index (χ1) is 13.0. The van der Waals surface area contributed by atoms with Crippen LogP contribution in [-0.4, -0.2) is 47.9 Å². The van der Waals surface area contributed by atoms with Gasteiger partial charge in [0, 0.05) is 41.7 Å². The van der Waals surface area contributed by atoms with Crippen LogP contribution < -0.4 is 10.1 Å². The van der Waals surface area contributed by atoms with Crippen molar-refractivity contribution >= 4 is 28.8 Å². The maximum Gasteiger partial charge on any atom is 0.311 e. The first-order valence-corrected chi connectivity index (χ1v) is 9.38. The number of rotatable bonds is 5. The molecule has 0 aliphatic carbocycles. The molecule has 2 aromatic rings. The second-order valence-electron chi connectivity index (χ2n) is 6.20. The fourth-order valence-electron chi connectivity index (χ4n) is 3.04. The molecule has 1 aliphatic heterocycles. The maximum absolute atomic E-state index is 12.7. The number of hydrogen-bond donors (Lipinski definition) is 1. The van der Waals surface area contributed by atoms with Gasteiger partial charge < -0.3 is 15.0 Å². The molecule has 2 amide bonds. The van der Waals surface area contributed by atoms with Crippen LogP contribution in [0.15, 0.2) is 35.0 Å². The van der Waals surface area contributed by atoms with Crippen LogP contribution in [0.5, 0.6) is 5.75 Å². The third-order valence-electron chi connectivity index (χ3n) is 4.52. The lowest BCUT2D eigenvalue weighted by atomic mass is 10.0. The third kappa shape index (κ3) is 4.25. The molecule has 27 heavy (non-hydrogen) atoms. The standard InChI is InChI=1S/C18H19N3O5S/c1-26-16-3-2-12(10-15(16)21(24)25)18(23)20-7-4-14(5-8-20)19-17(22)13-6-9-27-11-13/h2-3,6,9-11,14H,4-5,7-8H2,1H3,(H,19,22). The monoisotopic (exact) mass is 389 g/mol. The summed E-state index contributed by atoms with van der Waals surface area (Å²) in [6.07, 6.45) is 1.28. The summed E-state index contributed by atoms with van der Waals surface area (Å²) in [7, 11) is 1.35. The number of thiophene rings is 1. The van der Waals surface area contributed by atoms with Crippen LogP contribution in [-0.2, 0) is 0 Å². The average molecular weight is 389 g/mol. The number of nitro benzene ring substituents is 1. The van der Waals surface area contributed by atoms with Crippen LogP contribution in [0.2, 0.25) is 0 Å². The predicted octanol–water partition coefficient (Wildman–Crippen LogP) is 2.70. The van der Waals surface area contributed by atoms with E-state index in [9.17, 15) is 19.7 Å². The second kappa shape index (κ2) is 8.17. The van der Waals surface area contributed by atoms with E-state index in [2.05, 4.69) is 5.32 Å². The molecular formula is C18H19N3O5S. The molecule has 142 valence electrons. The normalized spacial score (nSPS) is 14.6. The van der Waals surface area contributed by atoms with Crippen molar-refractivity contribution in [2.24, 2.45) is 0 Å². The van der Waals surface area contributed by atoms with E-state index in [1.807, 2.05) is 5.38 Å². The van der Waals surface area contributed by atoms with Gasteiger partial charge in [-0.15, -0.1) is 0 Å². The van der Waals surface area contributed by atoms with Gasteiger partial charge in [-0.05, 0) is 36.4 Å². The molecular weight excluding hydrogens is 370 g/mol. The molecule has 0 spiro atoms. The Morgan fingerprint density at radius 1 is 1.26 bits per heavy atom. The minimum absolute atomic E-state index is 0.00616. The summed E-state index contributed by atoms with van der Waals surface area (Å²) in [6, 6.07) is 5.98. The smallest absolute Gasteiger partial charge is 0.311 e. The number of amides is 2. The molecule has 1 fully saturated rings. The summed E-state index contributed by atoms with van der Waals surface area (Å²) in [5.74, 6) is -0.249. The molecule has 9 heteroatoms. The van der Waals surface area contributed by atoms with Crippen LogP contribution >= 0.6 is 11.3 Å². The van der Waals surface area contributed by atoms with Crippen molar-refractivity contribution in [3.8, 4) is 5.75 Å². The molecule has 1 aromatic heterocycles. The Bertz CT molecular complexity index is 845. The van der Waals surface area contributed by atoms with Gasteiger partial charge in [0.25, 0.3) is 11.8 Å². The van der Waals surface area contributed by atoms with Gasteiger partial charge in [0.1, 0.15) is 0 Å². The number of methoxy groups -OCH3 is 1. The van der Waals surface area contributed by atoms with Gasteiger partial charge in [-0.25, -0.2) is 0 Å². The molecule has 0 radical (unpaired) electrons. The van der Waals surface area contributed by atoms with Crippen LogP contribution in [0.1, 0.15) is 33.6 Å². The second-order valence-corrected chi connectivity index (χ2v) is 6.98. The van der Waals surface area contributed by atoms with Crippen molar-refractivity contribution in [3.05, 3.63) is 56.3 Å². The first-order valence-electron chi connectivity index (χ1n) is 8.44. The third-order valence-corrected chi connectivity index (χ3v) is 5.21. The number of nitro groups is 1. The Balaban J connectivity index is 1.61. The fraction of sp³-hybridized carbons (Fsp3) is 0.333. The van der Waals surface area contributed by atoms with Gasteiger partial charge in [-0.1, -0.05) is 0 Å². The number of nitrogens with zero attached hydrogens (tertiary/aromatic N) is 2. The Morgan fingerprint density at radius 3 is 2.59 bits per heavy atom. The van der Waals surface area contributed by atoms with Crippen molar-refractivity contribution in [3.63, 3.8) is 0 Å². The van der Waals surface area contributed by atoms with Gasteiger partial charge in [0.2, 0.25) is 0 Å². The first kappa shape index (κ1) is 18.8. The summed E-state index contributed by atoms with van der Waals surface area (Å²) in [6.45, 7) is 0.959. The number of piperidine rings is 1. The molecule has 0 saturated carbocycles. The average Bonchev–Trinajstić information content (AvgIpc) is 3.22. The van der Waals surface area contributed by atoms with Gasteiger partial charge in [0.15, 0.2) is 5.75 Å². The molecule has 2 heterocycles. The molecule has 0 unspecified atom stereocenters. The zero-order valence-corrected chi connectivity index (χ0v) is 15.5. The Kier molecular flexibility index (Phi) is 5.70. The predicted molar refractivity (Wildman–Crippen MR) is 100 cm³/mol. The SMILES string of the molecule is COc1ccc(C(=O)N2CCC(NC(=O)c3ccsc3)CC2)cc1[N+](=O)[O-]. The lowest BCUT2D eigenvalue weighted by molar-refractivity contribution is -0.385. The summed E-state index contributed by atoms with van der Waals surface area (Å²) < 4.78 is 4.96. The van der Waals surface area contributed by atoms with Gasteiger partial charge >= 0.3 is 5.69 Å². The van der Waals surface area contributed by atoms with E-state index < -0.39 is 4.92 Å². The van der Waals surface area contributed by atoms with E-state index in [0.29, 0.717) is 31.5 Å². The number of carbonyl (C=O) groups excluding carboxylic acids is 2. The summed E-state index contributed by atoms with van der Waals surface area (Å²) in [5, 5.41) is 17.8. The Labute approximate surface area is 159 Å². The van der Waals surface area contributed by atoms with Crippen molar-refractivity contribution in [1.82, 2.24) is 10.2 Å². The van der Waals surface area contributed by atoms with Crippen LogP contribution in [0.25, 0.3) is 0 Å². The lowest BCUT2D eigenvalue weighted by Crippen LogP contribution is -2.46. The van der Waals surface area contributed by atoms with Crippen molar-refractivity contribution in [2.75, 3.05) is 20.2 Å². The zero-order valence-electron chi connectivity index (χ0n) is 14.7. The van der Waals surface area contributed by atoms with E-state index in [1.54, 1.807) is 16.3 Å². The quantitative estimate of drug-likeness (QED) is 0.626. The number of benzene rings is 1. The van der Waals surface area contributed by atoms with Gasteiger partial charge in [-0.2, -0.15) is 11.3 Å². The number of likely N-dealkylation sites (tertiary alicyclic amines) is 1. The summed E-state index contributed by atoms with van der Waals surface area (Å²) in [5.41, 5.74) is 0.661. The summed E-state index contributed by atoms with van der Waals surface area (Å²) in [4.78, 5) is 37.0. The minimum Gasteiger partial charge on any atom is -0.490 e. The van der Waals surface area contributed by atoms with Crippen molar-refractivity contribution < 1.29 is 19.2 Å². The van der Waals surface area contributed by atoms with Gasteiger partial charge in [-0.3, -0.25) is 19.7 Å². The maximum atomic E-state index is 12.7. The number of hydrogen-bond acceptors (Lipinski definition) is 6. The van der Waals surface area contributed by atoms with Gasteiger partial charge in [0.05, 0.1) is 12.0 Å².